The third kappa shape index (κ3) is 4.04. The molecule has 0 bridgehead atoms. The Morgan fingerprint density at radius 2 is 2.08 bits per heavy atom. The molecule has 0 spiro atoms. The molecule has 0 aliphatic carbocycles. The fourth-order valence-electron chi connectivity index (χ4n) is 2.75. The highest BCUT2D eigenvalue weighted by molar-refractivity contribution is 9.11. The first kappa shape index (κ1) is 17.9. The van der Waals surface area contributed by atoms with Gasteiger partial charge in [0.05, 0.1) is 16.0 Å². The molecule has 2 amide bonds. The molecule has 2 heterocycles. The highest BCUT2D eigenvalue weighted by Crippen LogP contribution is 2.33. The molecule has 0 radical (unpaired) electrons. The van der Waals surface area contributed by atoms with Crippen LogP contribution in [0.1, 0.15) is 18.2 Å². The van der Waals surface area contributed by atoms with Gasteiger partial charge >= 0.3 is 0 Å². The van der Waals surface area contributed by atoms with E-state index < -0.39 is 6.10 Å². The number of rotatable bonds is 5. The molecule has 1 aliphatic heterocycles. The molecular weight excluding hydrogens is 404 g/mol. The molecular formula is C18H19BrN2O3S. The van der Waals surface area contributed by atoms with Crippen molar-refractivity contribution in [2.24, 2.45) is 0 Å². The van der Waals surface area contributed by atoms with E-state index in [4.69, 9.17) is 4.74 Å². The second-order valence-corrected chi connectivity index (χ2v) is 8.47. The number of ether oxygens (including phenoxy) is 1. The summed E-state index contributed by atoms with van der Waals surface area (Å²) in [6.45, 7) is 2.65. The van der Waals surface area contributed by atoms with E-state index in [1.165, 1.54) is 0 Å². The van der Waals surface area contributed by atoms with Gasteiger partial charge in [0.1, 0.15) is 5.75 Å². The van der Waals surface area contributed by atoms with E-state index in [0.717, 1.165) is 14.4 Å². The number of fused-ring (bicyclic) bond motifs is 1. The number of amides is 2. The van der Waals surface area contributed by atoms with Crippen LogP contribution in [-0.2, 0) is 16.1 Å². The molecule has 2 aromatic rings. The molecule has 132 valence electrons. The van der Waals surface area contributed by atoms with Crippen LogP contribution in [0.4, 0.5) is 5.69 Å². The van der Waals surface area contributed by atoms with Gasteiger partial charge in [-0.05, 0) is 47.1 Å². The summed E-state index contributed by atoms with van der Waals surface area (Å²) in [5.41, 5.74) is 0.725. The average Bonchev–Trinajstić information content (AvgIpc) is 3.00. The number of hydrogen-bond donors (Lipinski definition) is 0. The molecule has 1 atom stereocenters. The molecule has 25 heavy (non-hydrogen) atoms. The van der Waals surface area contributed by atoms with E-state index in [1.54, 1.807) is 35.1 Å². The molecule has 1 unspecified atom stereocenters. The number of carbonyl (C=O) groups is 2. The number of benzene rings is 1. The van der Waals surface area contributed by atoms with Crippen LogP contribution in [-0.4, -0.2) is 36.4 Å². The van der Waals surface area contributed by atoms with Crippen LogP contribution in [0.2, 0.25) is 0 Å². The first-order valence-corrected chi connectivity index (χ1v) is 9.62. The molecule has 3 rings (SSSR count). The smallest absolute Gasteiger partial charge is 0.267 e. The normalized spacial score (nSPS) is 16.4. The lowest BCUT2D eigenvalue weighted by atomic mass is 10.1. The summed E-state index contributed by atoms with van der Waals surface area (Å²) in [5, 5.41) is 0. The fraction of sp³-hybridized carbons (Fsp3) is 0.333. The van der Waals surface area contributed by atoms with Crippen LogP contribution in [0.25, 0.3) is 0 Å². The second kappa shape index (κ2) is 7.58. The first-order valence-electron chi connectivity index (χ1n) is 8.01. The average molecular weight is 423 g/mol. The predicted molar refractivity (Wildman–Crippen MR) is 102 cm³/mol. The Kier molecular flexibility index (Phi) is 5.44. The summed E-state index contributed by atoms with van der Waals surface area (Å²) in [6.07, 6.45) is -0.262. The van der Waals surface area contributed by atoms with Crippen molar-refractivity contribution in [2.75, 3.05) is 18.5 Å². The SMILES string of the molecule is CC1Oc2ccccc2N(CCC(=O)N(C)Cc2ccc(Br)s2)C1=O. The minimum absolute atomic E-state index is 0.00829. The van der Waals surface area contributed by atoms with Crippen LogP contribution in [0.3, 0.4) is 0 Å². The summed E-state index contributed by atoms with van der Waals surface area (Å²) in [4.78, 5) is 29.3. The Morgan fingerprint density at radius 3 is 2.80 bits per heavy atom. The lowest BCUT2D eigenvalue weighted by Crippen LogP contribution is -2.45. The number of hydrogen-bond acceptors (Lipinski definition) is 4. The minimum Gasteiger partial charge on any atom is -0.479 e. The Morgan fingerprint density at radius 1 is 1.32 bits per heavy atom. The van der Waals surface area contributed by atoms with E-state index in [1.807, 2.05) is 36.4 Å². The predicted octanol–water partition coefficient (Wildman–Crippen LogP) is 3.67. The van der Waals surface area contributed by atoms with Crippen LogP contribution < -0.4 is 9.64 Å². The summed E-state index contributed by atoms with van der Waals surface area (Å²) in [6, 6.07) is 11.4. The van der Waals surface area contributed by atoms with Gasteiger partial charge in [0.2, 0.25) is 5.91 Å². The van der Waals surface area contributed by atoms with E-state index in [0.29, 0.717) is 18.8 Å². The monoisotopic (exact) mass is 422 g/mol. The molecule has 1 aromatic heterocycles. The van der Waals surface area contributed by atoms with Gasteiger partial charge in [0, 0.05) is 24.9 Å². The van der Waals surface area contributed by atoms with E-state index in [9.17, 15) is 9.59 Å². The van der Waals surface area contributed by atoms with E-state index >= 15 is 0 Å². The van der Waals surface area contributed by atoms with Crippen LogP contribution >= 0.6 is 27.3 Å². The van der Waals surface area contributed by atoms with Crippen molar-refractivity contribution in [3.05, 3.63) is 45.1 Å². The Bertz CT molecular complexity index is 792. The zero-order chi connectivity index (χ0) is 18.0. The van der Waals surface area contributed by atoms with Crippen LogP contribution in [0, 0.1) is 0 Å². The quantitative estimate of drug-likeness (QED) is 0.738. The fourth-order valence-corrected chi connectivity index (χ4v) is 4.28. The third-order valence-electron chi connectivity index (χ3n) is 4.07. The number of nitrogens with zero attached hydrogens (tertiary/aromatic N) is 2. The van der Waals surface area contributed by atoms with Crippen molar-refractivity contribution in [1.82, 2.24) is 4.90 Å². The molecule has 1 aromatic carbocycles. The van der Waals surface area contributed by atoms with Crippen molar-refractivity contribution in [3.8, 4) is 5.75 Å². The minimum atomic E-state index is -0.536. The lowest BCUT2D eigenvalue weighted by molar-refractivity contribution is -0.130. The van der Waals surface area contributed by atoms with Gasteiger partial charge in [-0.25, -0.2) is 0 Å². The van der Waals surface area contributed by atoms with E-state index in [-0.39, 0.29) is 18.2 Å². The largest absolute Gasteiger partial charge is 0.479 e. The van der Waals surface area contributed by atoms with Gasteiger partial charge in [-0.2, -0.15) is 0 Å². The Labute approximate surface area is 159 Å². The van der Waals surface area contributed by atoms with Gasteiger partial charge in [-0.1, -0.05) is 12.1 Å². The molecule has 5 nitrogen and oxygen atoms in total. The van der Waals surface area contributed by atoms with Crippen molar-refractivity contribution in [3.63, 3.8) is 0 Å². The molecule has 7 heteroatoms. The highest BCUT2D eigenvalue weighted by Gasteiger charge is 2.31. The van der Waals surface area contributed by atoms with Gasteiger partial charge in [-0.15, -0.1) is 11.3 Å². The van der Waals surface area contributed by atoms with Crippen molar-refractivity contribution < 1.29 is 14.3 Å². The maximum absolute atomic E-state index is 12.4. The Balaban J connectivity index is 1.64. The van der Waals surface area contributed by atoms with Gasteiger partial charge in [0.25, 0.3) is 5.91 Å². The number of carbonyl (C=O) groups excluding carboxylic acids is 2. The number of thiophene rings is 1. The molecule has 0 fully saturated rings. The summed E-state index contributed by atoms with van der Waals surface area (Å²) < 4.78 is 6.67. The molecule has 0 N–H and O–H groups in total. The maximum Gasteiger partial charge on any atom is 0.267 e. The zero-order valence-corrected chi connectivity index (χ0v) is 16.5. The zero-order valence-electron chi connectivity index (χ0n) is 14.1. The first-order chi connectivity index (χ1) is 12.0. The van der Waals surface area contributed by atoms with Gasteiger partial charge in [-0.3, -0.25) is 9.59 Å². The molecule has 0 saturated heterocycles. The third-order valence-corrected chi connectivity index (χ3v) is 5.68. The summed E-state index contributed by atoms with van der Waals surface area (Å²) >= 11 is 5.04. The summed E-state index contributed by atoms with van der Waals surface area (Å²) in [7, 11) is 1.79. The van der Waals surface area contributed by atoms with E-state index in [2.05, 4.69) is 15.9 Å². The number of anilines is 1. The molecule has 0 saturated carbocycles. The maximum atomic E-state index is 12.4. The van der Waals surface area contributed by atoms with Gasteiger partial charge in [0.15, 0.2) is 6.10 Å². The molecule has 1 aliphatic rings. The lowest BCUT2D eigenvalue weighted by Gasteiger charge is -2.33. The highest BCUT2D eigenvalue weighted by atomic mass is 79.9. The van der Waals surface area contributed by atoms with Crippen LogP contribution in [0.15, 0.2) is 40.2 Å². The number of para-hydroxylation sites is 2. The van der Waals surface area contributed by atoms with Crippen molar-refractivity contribution in [2.45, 2.75) is 26.0 Å². The number of halogens is 1. The van der Waals surface area contributed by atoms with Crippen LogP contribution in [0.5, 0.6) is 5.75 Å². The Hall–Kier alpha value is -1.86. The second-order valence-electron chi connectivity index (χ2n) is 5.92. The summed E-state index contributed by atoms with van der Waals surface area (Å²) in [5.74, 6) is 0.573. The van der Waals surface area contributed by atoms with Crippen molar-refractivity contribution >= 4 is 44.8 Å². The topological polar surface area (TPSA) is 49.9 Å². The van der Waals surface area contributed by atoms with Crippen molar-refractivity contribution in [1.29, 1.82) is 0 Å². The van der Waals surface area contributed by atoms with Gasteiger partial charge < -0.3 is 14.5 Å². The standard InChI is InChI=1S/C18H19BrN2O3S/c1-12-18(23)21(14-5-3-4-6-15(14)24-12)10-9-17(22)20(2)11-13-7-8-16(19)25-13/h3-8,12H,9-11H2,1-2H3.